The topological polar surface area (TPSA) is 88.3 Å². The van der Waals surface area contributed by atoms with Gasteiger partial charge in [0, 0.05) is 65.9 Å². The molecule has 354 valence electrons. The third-order valence-electron chi connectivity index (χ3n) is 14.7. The van der Waals surface area contributed by atoms with Gasteiger partial charge in [0.05, 0.1) is 33.1 Å². The Labute approximate surface area is 431 Å². The number of hydrogen-bond donors (Lipinski definition) is 2. The number of hydrogen-bond acceptors (Lipinski definition) is 6. The number of aromatic nitrogens is 3. The Kier molecular flexibility index (Phi) is 9.81. The number of rotatable bonds is 8. The van der Waals surface area contributed by atoms with E-state index in [1.165, 1.54) is 5.39 Å². The zero-order valence-corrected chi connectivity index (χ0v) is 40.5. The Morgan fingerprint density at radius 1 is 0.320 bits per heavy atom. The lowest BCUT2D eigenvalue weighted by Crippen LogP contribution is -2.36. The first-order valence-corrected chi connectivity index (χ1v) is 25.4. The van der Waals surface area contributed by atoms with Gasteiger partial charge in [-0.05, 0) is 66.2 Å². The molecule has 0 bridgehead atoms. The normalized spacial score (nSPS) is 15.7. The molecule has 9 heteroatoms. The third kappa shape index (κ3) is 7.00. The Hall–Kier alpha value is -10.1. The molecule has 75 heavy (non-hydrogen) atoms. The second-order valence-electron chi connectivity index (χ2n) is 19.1. The summed E-state index contributed by atoms with van der Waals surface area (Å²) in [6.07, 6.45) is -0.996. The largest absolute Gasteiger partial charge is 0.344 e. The molecule has 0 spiro atoms. The van der Waals surface area contributed by atoms with Gasteiger partial charge in [-0.25, -0.2) is 20.0 Å². The van der Waals surface area contributed by atoms with E-state index < -0.39 is 12.5 Å². The van der Waals surface area contributed by atoms with Crippen molar-refractivity contribution in [3.05, 3.63) is 277 Å². The SMILES string of the molecule is c1ccc(C2=NC(c3cccc(-n4c5ccccc5c5ccc6c7ccccc7n(C7N=C(c8ccc9c(c8)c8ccccc8n9-c8ccccc8)N=C(c8ccccc8)N7)c6c54)c3)NC(c3ccccc3)=N2)cc1. The van der Waals surface area contributed by atoms with Crippen LogP contribution >= 0.6 is 0 Å². The Balaban J connectivity index is 0.942. The average molecular weight is 964 g/mol. The Morgan fingerprint density at radius 2 is 0.827 bits per heavy atom. The molecule has 0 saturated carbocycles. The van der Waals surface area contributed by atoms with Crippen LogP contribution in [0, 0.1) is 0 Å². The maximum absolute atomic E-state index is 5.66. The lowest BCUT2D eigenvalue weighted by Gasteiger charge is -2.26. The number of aliphatic imine (C=N–C) groups is 4. The summed E-state index contributed by atoms with van der Waals surface area (Å²) in [6.45, 7) is 0. The predicted octanol–water partition coefficient (Wildman–Crippen LogP) is 14.4. The van der Waals surface area contributed by atoms with E-state index in [1.54, 1.807) is 0 Å². The van der Waals surface area contributed by atoms with Crippen LogP contribution in [0.15, 0.2) is 269 Å². The van der Waals surface area contributed by atoms with Crippen molar-refractivity contribution in [2.75, 3.05) is 0 Å². The van der Waals surface area contributed by atoms with Crippen LogP contribution in [0.2, 0.25) is 0 Å². The number of nitrogens with one attached hydrogen (secondary N) is 2. The van der Waals surface area contributed by atoms with Crippen LogP contribution in [0.25, 0.3) is 76.8 Å². The minimum Gasteiger partial charge on any atom is -0.344 e. The molecule has 15 rings (SSSR count). The van der Waals surface area contributed by atoms with Crippen LogP contribution in [0.3, 0.4) is 0 Å². The molecule has 2 atom stereocenters. The summed E-state index contributed by atoms with van der Waals surface area (Å²) in [5, 5.41) is 14.5. The van der Waals surface area contributed by atoms with E-state index in [2.05, 4.69) is 231 Å². The van der Waals surface area contributed by atoms with Crippen molar-refractivity contribution in [2.45, 2.75) is 12.5 Å². The molecule has 2 N–H and O–H groups in total. The van der Waals surface area contributed by atoms with E-state index >= 15 is 0 Å². The van der Waals surface area contributed by atoms with E-state index in [0.29, 0.717) is 11.7 Å². The van der Waals surface area contributed by atoms with Crippen LogP contribution in [0.5, 0.6) is 0 Å². The third-order valence-corrected chi connectivity index (χ3v) is 14.7. The molecule has 0 saturated heterocycles. The lowest BCUT2D eigenvalue weighted by atomic mass is 10.1. The summed E-state index contributed by atoms with van der Waals surface area (Å²) in [6, 6.07) is 87.6. The van der Waals surface area contributed by atoms with Crippen molar-refractivity contribution in [2.24, 2.45) is 20.0 Å². The maximum Gasteiger partial charge on any atom is 0.204 e. The van der Waals surface area contributed by atoms with E-state index in [1.807, 2.05) is 42.5 Å². The summed E-state index contributed by atoms with van der Waals surface area (Å²) in [4.78, 5) is 21.4. The molecular formula is C66H45N9. The van der Waals surface area contributed by atoms with Crippen molar-refractivity contribution in [1.82, 2.24) is 24.3 Å². The molecule has 2 aliphatic heterocycles. The van der Waals surface area contributed by atoms with Crippen molar-refractivity contribution < 1.29 is 0 Å². The first kappa shape index (κ1) is 42.6. The fourth-order valence-electron chi connectivity index (χ4n) is 11.4. The van der Waals surface area contributed by atoms with Gasteiger partial charge in [-0.3, -0.25) is 4.57 Å². The van der Waals surface area contributed by atoms with Gasteiger partial charge in [-0.15, -0.1) is 0 Å². The summed E-state index contributed by atoms with van der Waals surface area (Å²) in [5.41, 5.74) is 13.6. The minimum absolute atomic E-state index is 0.406. The minimum atomic E-state index is -0.590. The highest BCUT2D eigenvalue weighted by atomic mass is 15.3. The second-order valence-corrected chi connectivity index (χ2v) is 19.1. The monoisotopic (exact) mass is 963 g/mol. The van der Waals surface area contributed by atoms with Crippen molar-refractivity contribution in [3.8, 4) is 11.4 Å². The van der Waals surface area contributed by atoms with Crippen molar-refractivity contribution in [1.29, 1.82) is 0 Å². The van der Waals surface area contributed by atoms with Gasteiger partial charge in [-0.2, -0.15) is 0 Å². The van der Waals surface area contributed by atoms with Gasteiger partial charge >= 0.3 is 0 Å². The van der Waals surface area contributed by atoms with Crippen molar-refractivity contribution in [3.63, 3.8) is 0 Å². The molecule has 3 aromatic heterocycles. The van der Waals surface area contributed by atoms with Crippen LogP contribution in [-0.4, -0.2) is 37.0 Å². The Morgan fingerprint density at radius 3 is 1.51 bits per heavy atom. The molecule has 0 amide bonds. The smallest absolute Gasteiger partial charge is 0.204 e. The second kappa shape index (κ2) is 17.3. The van der Waals surface area contributed by atoms with E-state index in [-0.39, 0.29) is 0 Å². The molecule has 0 radical (unpaired) electrons. The molecule has 2 unspecified atom stereocenters. The van der Waals surface area contributed by atoms with E-state index in [0.717, 1.165) is 111 Å². The predicted molar refractivity (Wildman–Crippen MR) is 308 cm³/mol. The first-order chi connectivity index (χ1) is 37.2. The average Bonchev–Trinajstić information content (AvgIpc) is 4.24. The van der Waals surface area contributed by atoms with E-state index in [9.17, 15) is 0 Å². The van der Waals surface area contributed by atoms with Crippen LogP contribution in [0.4, 0.5) is 0 Å². The van der Waals surface area contributed by atoms with Gasteiger partial charge < -0.3 is 19.8 Å². The number of fused-ring (bicyclic) bond motifs is 10. The highest BCUT2D eigenvalue weighted by Crippen LogP contribution is 2.43. The van der Waals surface area contributed by atoms with Gasteiger partial charge in [0.25, 0.3) is 0 Å². The zero-order chi connectivity index (χ0) is 49.4. The Bertz CT molecular complexity index is 4520. The highest BCUT2D eigenvalue weighted by Gasteiger charge is 2.29. The lowest BCUT2D eigenvalue weighted by molar-refractivity contribution is 0.516. The quantitative estimate of drug-likeness (QED) is 0.159. The fourth-order valence-corrected chi connectivity index (χ4v) is 11.4. The highest BCUT2D eigenvalue weighted by molar-refractivity contribution is 6.24. The molecule has 2 aliphatic rings. The molecular weight excluding hydrogens is 919 g/mol. The summed E-state index contributed by atoms with van der Waals surface area (Å²) in [5.74, 6) is 2.86. The standard InChI is InChI=1S/C66H45N9/c1-5-20-42(21-6-1)61-67-62(43-22-7-2-8-23-43)69-64(68-61)45-26-19-29-48(40-45)74-56-34-17-13-30-49(56)52-37-38-53-50-31-14-18-35-57(50)75(60(53)59(52)74)66-71-63(44-24-9-3-10-25-44)70-65(72-66)46-36-39-58-54(41-46)51-32-15-16-33-55(51)73(58)47-27-11-4-12-28-47/h1-41,64,66H,(H,67,68,69)(H,70,71,72). The molecule has 13 aromatic rings. The van der Waals surface area contributed by atoms with Crippen molar-refractivity contribution >= 4 is 88.8 Å². The summed E-state index contributed by atoms with van der Waals surface area (Å²) < 4.78 is 7.17. The molecule has 0 aliphatic carbocycles. The van der Waals surface area contributed by atoms with Crippen LogP contribution in [0.1, 0.15) is 40.3 Å². The van der Waals surface area contributed by atoms with E-state index in [4.69, 9.17) is 20.0 Å². The number of nitrogens with zero attached hydrogens (tertiary/aromatic N) is 7. The van der Waals surface area contributed by atoms with Crippen LogP contribution < -0.4 is 10.6 Å². The zero-order valence-electron chi connectivity index (χ0n) is 40.5. The number of para-hydroxylation sites is 4. The number of amidine groups is 4. The van der Waals surface area contributed by atoms with Gasteiger partial charge in [0.15, 0.2) is 11.7 Å². The molecule has 0 fully saturated rings. The fraction of sp³-hybridized carbons (Fsp3) is 0.0303. The maximum atomic E-state index is 5.66. The molecule has 5 heterocycles. The number of benzene rings is 10. The first-order valence-electron chi connectivity index (χ1n) is 25.4. The van der Waals surface area contributed by atoms with Crippen LogP contribution in [-0.2, 0) is 0 Å². The molecule has 10 aromatic carbocycles. The van der Waals surface area contributed by atoms with Gasteiger partial charge in [0.2, 0.25) is 6.29 Å². The van der Waals surface area contributed by atoms with Gasteiger partial charge in [-0.1, -0.05) is 188 Å². The summed E-state index contributed by atoms with van der Waals surface area (Å²) in [7, 11) is 0. The van der Waals surface area contributed by atoms with Gasteiger partial charge in [0.1, 0.15) is 17.8 Å². The summed E-state index contributed by atoms with van der Waals surface area (Å²) >= 11 is 0. The molecule has 9 nitrogen and oxygen atoms in total.